The summed E-state index contributed by atoms with van der Waals surface area (Å²) in [7, 11) is 1.63. The molecular formula is C16H13BrO4. The zero-order chi connectivity index (χ0) is 15.0. The van der Waals surface area contributed by atoms with Crippen molar-refractivity contribution in [1.29, 1.82) is 0 Å². The van der Waals surface area contributed by atoms with E-state index in [1.54, 1.807) is 20.1 Å². The van der Waals surface area contributed by atoms with Gasteiger partial charge in [-0.2, -0.15) is 0 Å². The fourth-order valence-electron chi connectivity index (χ4n) is 2.38. The smallest absolute Gasteiger partial charge is 0.374 e. The highest BCUT2D eigenvalue weighted by Crippen LogP contribution is 2.44. The number of benzene rings is 2. The van der Waals surface area contributed by atoms with Crippen LogP contribution < -0.4 is 9.47 Å². The summed E-state index contributed by atoms with van der Waals surface area (Å²) in [6.45, 7) is 2.07. The van der Waals surface area contributed by atoms with Crippen molar-refractivity contribution in [2.75, 3.05) is 13.7 Å². The first-order valence-electron chi connectivity index (χ1n) is 6.51. The fourth-order valence-corrected chi connectivity index (χ4v) is 2.87. The van der Waals surface area contributed by atoms with E-state index >= 15 is 0 Å². The molecule has 3 rings (SSSR count). The van der Waals surface area contributed by atoms with Gasteiger partial charge in [0.05, 0.1) is 18.2 Å². The summed E-state index contributed by atoms with van der Waals surface area (Å²) in [6, 6.07) is 7.64. The van der Waals surface area contributed by atoms with Crippen LogP contribution in [0.4, 0.5) is 0 Å². The summed E-state index contributed by atoms with van der Waals surface area (Å²) in [5.41, 5.74) is 0.899. The van der Waals surface area contributed by atoms with Gasteiger partial charge in [0.1, 0.15) is 5.75 Å². The van der Waals surface area contributed by atoms with Crippen molar-refractivity contribution >= 4 is 38.7 Å². The van der Waals surface area contributed by atoms with Gasteiger partial charge < -0.3 is 14.2 Å². The number of hydrogen-bond donors (Lipinski definition) is 0. The summed E-state index contributed by atoms with van der Waals surface area (Å²) < 4.78 is 16.9. The van der Waals surface area contributed by atoms with Crippen LogP contribution in [0.2, 0.25) is 0 Å². The molecule has 21 heavy (non-hydrogen) atoms. The molecule has 0 radical (unpaired) electrons. The second kappa shape index (κ2) is 5.41. The van der Waals surface area contributed by atoms with Crippen molar-refractivity contribution in [3.05, 3.63) is 40.1 Å². The third-order valence-corrected chi connectivity index (χ3v) is 3.85. The number of esters is 1. The number of rotatable bonds is 3. The normalized spacial score (nSPS) is 12.6. The van der Waals surface area contributed by atoms with E-state index in [1.807, 2.05) is 24.3 Å². The molecule has 0 fully saturated rings. The largest absolute Gasteiger partial charge is 0.496 e. The first-order chi connectivity index (χ1) is 10.2. The minimum Gasteiger partial charge on any atom is -0.496 e. The van der Waals surface area contributed by atoms with Gasteiger partial charge in [0.25, 0.3) is 0 Å². The van der Waals surface area contributed by atoms with E-state index in [-0.39, 0.29) is 5.76 Å². The Morgan fingerprint density at radius 3 is 2.90 bits per heavy atom. The second-order valence-electron chi connectivity index (χ2n) is 4.49. The van der Waals surface area contributed by atoms with Crippen LogP contribution in [0.3, 0.4) is 0 Å². The molecule has 0 N–H and O–H groups in total. The number of carbonyl (C=O) groups is 1. The number of ether oxygens (including phenoxy) is 3. The molecule has 2 aromatic rings. The van der Waals surface area contributed by atoms with Gasteiger partial charge in [-0.15, -0.1) is 0 Å². The highest BCUT2D eigenvalue weighted by atomic mass is 79.9. The number of halogens is 1. The SMILES string of the molecule is CCOC(=O)C1=Cc2cccc3c(OC)cc(Br)c(c23)O1. The van der Waals surface area contributed by atoms with Crippen LogP contribution in [0.1, 0.15) is 12.5 Å². The molecule has 0 aromatic heterocycles. The molecule has 0 saturated carbocycles. The molecular weight excluding hydrogens is 336 g/mol. The zero-order valence-electron chi connectivity index (χ0n) is 11.6. The quantitative estimate of drug-likeness (QED) is 0.789. The van der Waals surface area contributed by atoms with Gasteiger partial charge in [-0.25, -0.2) is 4.79 Å². The molecule has 108 valence electrons. The molecule has 0 atom stereocenters. The molecule has 5 heteroatoms. The summed E-state index contributed by atoms with van der Waals surface area (Å²) in [6.07, 6.45) is 1.69. The Hall–Kier alpha value is -2.01. The van der Waals surface area contributed by atoms with Crippen LogP contribution in [0.15, 0.2) is 34.5 Å². The van der Waals surface area contributed by atoms with E-state index in [2.05, 4.69) is 15.9 Å². The van der Waals surface area contributed by atoms with Gasteiger partial charge in [-0.1, -0.05) is 18.2 Å². The topological polar surface area (TPSA) is 44.8 Å². The standard InChI is InChI=1S/C16H13BrO4/c1-3-20-16(18)13-7-9-5-4-6-10-12(19-2)8-11(17)15(21-13)14(9)10/h4-8H,3H2,1-2H3. The summed E-state index contributed by atoms with van der Waals surface area (Å²) >= 11 is 3.47. The van der Waals surface area contributed by atoms with Crippen molar-refractivity contribution in [2.45, 2.75) is 6.92 Å². The predicted octanol–water partition coefficient (Wildman–Crippen LogP) is 3.91. The van der Waals surface area contributed by atoms with Gasteiger partial charge in [-0.3, -0.25) is 0 Å². The van der Waals surface area contributed by atoms with Gasteiger partial charge in [0.15, 0.2) is 5.75 Å². The lowest BCUT2D eigenvalue weighted by atomic mass is 10.0. The molecule has 0 amide bonds. The second-order valence-corrected chi connectivity index (χ2v) is 5.35. The van der Waals surface area contributed by atoms with Gasteiger partial charge >= 0.3 is 5.97 Å². The van der Waals surface area contributed by atoms with Crippen LogP contribution in [-0.4, -0.2) is 19.7 Å². The van der Waals surface area contributed by atoms with Gasteiger partial charge in [-0.05, 0) is 40.6 Å². The van der Waals surface area contributed by atoms with Gasteiger partial charge in [0, 0.05) is 10.8 Å². The molecule has 2 aromatic carbocycles. The van der Waals surface area contributed by atoms with E-state index in [0.717, 1.165) is 26.6 Å². The maximum absolute atomic E-state index is 11.9. The monoisotopic (exact) mass is 348 g/mol. The predicted molar refractivity (Wildman–Crippen MR) is 83.4 cm³/mol. The molecule has 0 saturated heterocycles. The van der Waals surface area contributed by atoms with Crippen molar-refractivity contribution in [1.82, 2.24) is 0 Å². The van der Waals surface area contributed by atoms with Gasteiger partial charge in [0.2, 0.25) is 5.76 Å². The Balaban J connectivity index is 2.24. The Labute approximate surface area is 130 Å². The average molecular weight is 349 g/mol. The maximum Gasteiger partial charge on any atom is 0.374 e. The molecule has 1 aliphatic heterocycles. The third kappa shape index (κ3) is 2.27. The van der Waals surface area contributed by atoms with Crippen molar-refractivity contribution in [3.8, 4) is 11.5 Å². The molecule has 1 aliphatic rings. The molecule has 0 unspecified atom stereocenters. The molecule has 0 aliphatic carbocycles. The van der Waals surface area contributed by atoms with Crippen molar-refractivity contribution in [2.24, 2.45) is 0 Å². The van der Waals surface area contributed by atoms with E-state index in [4.69, 9.17) is 14.2 Å². The highest BCUT2D eigenvalue weighted by Gasteiger charge is 2.24. The van der Waals surface area contributed by atoms with E-state index in [9.17, 15) is 4.79 Å². The van der Waals surface area contributed by atoms with Crippen LogP contribution in [-0.2, 0) is 9.53 Å². The molecule has 1 heterocycles. The number of hydrogen-bond acceptors (Lipinski definition) is 4. The van der Waals surface area contributed by atoms with E-state index in [1.165, 1.54) is 0 Å². The highest BCUT2D eigenvalue weighted by molar-refractivity contribution is 9.10. The summed E-state index contributed by atoms with van der Waals surface area (Å²) in [4.78, 5) is 11.9. The van der Waals surface area contributed by atoms with Crippen LogP contribution in [0, 0.1) is 0 Å². The fraction of sp³-hybridized carbons (Fsp3) is 0.188. The maximum atomic E-state index is 11.9. The molecule has 0 spiro atoms. The van der Waals surface area contributed by atoms with E-state index in [0.29, 0.717) is 12.4 Å². The summed E-state index contributed by atoms with van der Waals surface area (Å²) in [5.74, 6) is 1.07. The van der Waals surface area contributed by atoms with Crippen molar-refractivity contribution < 1.29 is 19.0 Å². The van der Waals surface area contributed by atoms with E-state index < -0.39 is 5.97 Å². The van der Waals surface area contributed by atoms with Crippen LogP contribution in [0.5, 0.6) is 11.5 Å². The average Bonchev–Trinajstić information content (AvgIpc) is 2.50. The van der Waals surface area contributed by atoms with Crippen LogP contribution in [0.25, 0.3) is 16.8 Å². The number of methoxy groups -OCH3 is 1. The minimum atomic E-state index is -0.470. The number of carbonyl (C=O) groups excluding carboxylic acids is 1. The minimum absolute atomic E-state index is 0.183. The lowest BCUT2D eigenvalue weighted by molar-refractivity contribution is -0.140. The first-order valence-corrected chi connectivity index (χ1v) is 7.31. The Morgan fingerprint density at radius 2 is 2.19 bits per heavy atom. The lowest BCUT2D eigenvalue weighted by Gasteiger charge is -2.20. The summed E-state index contributed by atoms with van der Waals surface area (Å²) in [5, 5.41) is 1.85. The Bertz CT molecular complexity index is 764. The Kier molecular flexibility index (Phi) is 3.59. The molecule has 4 nitrogen and oxygen atoms in total. The first kappa shape index (κ1) is 13.9. The third-order valence-electron chi connectivity index (χ3n) is 3.26. The lowest BCUT2D eigenvalue weighted by Crippen LogP contribution is -2.15. The van der Waals surface area contributed by atoms with Crippen molar-refractivity contribution in [3.63, 3.8) is 0 Å². The van der Waals surface area contributed by atoms with Crippen LogP contribution >= 0.6 is 15.9 Å². The molecule has 0 bridgehead atoms. The Morgan fingerprint density at radius 1 is 1.38 bits per heavy atom. The zero-order valence-corrected chi connectivity index (χ0v) is 13.2.